The smallest absolute Gasteiger partial charge is 0.303 e. The van der Waals surface area contributed by atoms with Gasteiger partial charge in [0.2, 0.25) is 0 Å². The lowest BCUT2D eigenvalue weighted by Gasteiger charge is -2.18. The van der Waals surface area contributed by atoms with Crippen molar-refractivity contribution in [3.63, 3.8) is 0 Å². The molecular weight excluding hydrogens is 228 g/mol. The Morgan fingerprint density at radius 2 is 1.94 bits per heavy atom. The molecule has 0 spiro atoms. The first-order valence-electron chi connectivity index (χ1n) is 6.54. The minimum atomic E-state index is -0.831. The lowest BCUT2D eigenvalue weighted by atomic mass is 9.89. The van der Waals surface area contributed by atoms with Crippen LogP contribution >= 0.6 is 0 Å². The van der Waals surface area contributed by atoms with Crippen molar-refractivity contribution in [1.82, 2.24) is 0 Å². The van der Waals surface area contributed by atoms with Crippen molar-refractivity contribution in [2.45, 2.75) is 44.9 Å². The quantitative estimate of drug-likeness (QED) is 0.838. The molecule has 1 aromatic rings. The summed E-state index contributed by atoms with van der Waals surface area (Å²) in [5.41, 5.74) is 1.72. The van der Waals surface area contributed by atoms with Crippen molar-refractivity contribution in [2.24, 2.45) is 5.92 Å². The van der Waals surface area contributed by atoms with Gasteiger partial charge in [-0.3, -0.25) is 4.79 Å². The van der Waals surface area contributed by atoms with E-state index in [1.807, 2.05) is 25.1 Å². The Bertz CT molecular complexity index is 449. The van der Waals surface area contributed by atoms with E-state index in [1.54, 1.807) is 0 Å². The van der Waals surface area contributed by atoms with Crippen molar-refractivity contribution >= 4 is 5.97 Å². The van der Waals surface area contributed by atoms with E-state index in [0.29, 0.717) is 17.6 Å². The average molecular weight is 248 g/mol. The number of carboxylic acid groups (broad SMARTS) is 1. The van der Waals surface area contributed by atoms with E-state index >= 15 is 0 Å². The largest absolute Gasteiger partial charge is 0.507 e. The fraction of sp³-hybridized carbons (Fsp3) is 0.533. The molecule has 2 N–H and O–H groups in total. The van der Waals surface area contributed by atoms with E-state index < -0.39 is 5.97 Å². The Labute approximate surface area is 107 Å². The first-order chi connectivity index (χ1) is 8.50. The number of hydrogen-bond donors (Lipinski definition) is 2. The molecule has 0 saturated heterocycles. The van der Waals surface area contributed by atoms with Gasteiger partial charge in [-0.1, -0.05) is 32.0 Å². The predicted molar refractivity (Wildman–Crippen MR) is 69.9 cm³/mol. The average Bonchev–Trinajstić information content (AvgIpc) is 3.11. The molecule has 3 nitrogen and oxygen atoms in total. The number of rotatable bonds is 5. The summed E-state index contributed by atoms with van der Waals surface area (Å²) in [6.07, 6.45) is 2.51. The first-order valence-corrected chi connectivity index (χ1v) is 6.54. The van der Waals surface area contributed by atoms with E-state index in [0.717, 1.165) is 11.1 Å². The van der Waals surface area contributed by atoms with Crippen LogP contribution in [0.1, 0.15) is 56.1 Å². The molecule has 0 amide bonds. The summed E-state index contributed by atoms with van der Waals surface area (Å²) in [7, 11) is 0. The minimum Gasteiger partial charge on any atom is -0.507 e. The van der Waals surface area contributed by atoms with Crippen LogP contribution in [0.25, 0.3) is 0 Å². The van der Waals surface area contributed by atoms with Crippen molar-refractivity contribution in [1.29, 1.82) is 0 Å². The van der Waals surface area contributed by atoms with Crippen molar-refractivity contribution in [3.8, 4) is 5.75 Å². The Hall–Kier alpha value is -1.51. The standard InChI is InChI=1S/C15H20O3/c1-9(8-14(16)17)12-4-3-5-13(15(12)18)10(2)11-6-7-11/h3-5,9-11,18H,6-8H2,1-2H3,(H,16,17). The van der Waals surface area contributed by atoms with Gasteiger partial charge in [0.1, 0.15) is 5.75 Å². The Morgan fingerprint density at radius 3 is 2.50 bits per heavy atom. The highest BCUT2D eigenvalue weighted by Crippen LogP contribution is 2.46. The summed E-state index contributed by atoms with van der Waals surface area (Å²) in [4.78, 5) is 10.7. The van der Waals surface area contributed by atoms with Gasteiger partial charge in [0.05, 0.1) is 6.42 Å². The van der Waals surface area contributed by atoms with E-state index in [-0.39, 0.29) is 12.3 Å². The van der Waals surface area contributed by atoms with Gasteiger partial charge < -0.3 is 10.2 Å². The van der Waals surface area contributed by atoms with E-state index in [4.69, 9.17) is 5.11 Å². The van der Waals surface area contributed by atoms with E-state index in [2.05, 4.69) is 6.92 Å². The van der Waals surface area contributed by atoms with Gasteiger partial charge in [-0.05, 0) is 41.7 Å². The van der Waals surface area contributed by atoms with Crippen LogP contribution in [0.3, 0.4) is 0 Å². The lowest BCUT2D eigenvalue weighted by Crippen LogP contribution is -2.05. The molecule has 1 aliphatic carbocycles. The highest BCUT2D eigenvalue weighted by Gasteiger charge is 2.31. The summed E-state index contributed by atoms with van der Waals surface area (Å²) in [5.74, 6) is 0.352. The fourth-order valence-electron chi connectivity index (χ4n) is 2.57. The molecule has 98 valence electrons. The SMILES string of the molecule is CC(CC(=O)O)c1cccc(C(C)C2CC2)c1O. The second-order valence-corrected chi connectivity index (χ2v) is 5.41. The summed E-state index contributed by atoms with van der Waals surface area (Å²) < 4.78 is 0. The molecule has 0 aromatic heterocycles. The Kier molecular flexibility index (Phi) is 3.60. The number of aliphatic carboxylic acids is 1. The van der Waals surface area contributed by atoms with Gasteiger partial charge in [-0.2, -0.15) is 0 Å². The molecule has 0 aliphatic heterocycles. The van der Waals surface area contributed by atoms with Gasteiger partial charge in [-0.15, -0.1) is 0 Å². The van der Waals surface area contributed by atoms with Crippen LogP contribution in [0.4, 0.5) is 0 Å². The molecule has 18 heavy (non-hydrogen) atoms. The fourth-order valence-corrected chi connectivity index (χ4v) is 2.57. The molecule has 0 radical (unpaired) electrons. The van der Waals surface area contributed by atoms with Crippen LogP contribution in [-0.4, -0.2) is 16.2 Å². The second-order valence-electron chi connectivity index (χ2n) is 5.41. The van der Waals surface area contributed by atoms with Crippen molar-refractivity contribution < 1.29 is 15.0 Å². The van der Waals surface area contributed by atoms with Crippen LogP contribution < -0.4 is 0 Å². The van der Waals surface area contributed by atoms with Crippen LogP contribution in [0, 0.1) is 5.92 Å². The van der Waals surface area contributed by atoms with Crippen molar-refractivity contribution in [2.75, 3.05) is 0 Å². The molecule has 0 bridgehead atoms. The molecule has 2 rings (SSSR count). The third kappa shape index (κ3) is 2.66. The maximum Gasteiger partial charge on any atom is 0.303 e. The Morgan fingerprint density at radius 1 is 1.33 bits per heavy atom. The molecular formula is C15H20O3. The zero-order valence-corrected chi connectivity index (χ0v) is 10.9. The molecule has 1 aromatic carbocycles. The number of para-hydroxylation sites is 1. The summed E-state index contributed by atoms with van der Waals surface area (Å²) in [6.45, 7) is 3.98. The summed E-state index contributed by atoms with van der Waals surface area (Å²) in [6, 6.07) is 5.70. The molecule has 3 heteroatoms. The van der Waals surface area contributed by atoms with Crippen LogP contribution in [0.2, 0.25) is 0 Å². The highest BCUT2D eigenvalue weighted by molar-refractivity contribution is 5.68. The minimum absolute atomic E-state index is 0.0504. The molecule has 1 aliphatic rings. The van der Waals surface area contributed by atoms with E-state index in [1.165, 1.54) is 12.8 Å². The second kappa shape index (κ2) is 5.01. The van der Waals surface area contributed by atoms with Gasteiger partial charge in [0.15, 0.2) is 0 Å². The zero-order valence-electron chi connectivity index (χ0n) is 10.9. The molecule has 2 unspecified atom stereocenters. The normalized spacial score (nSPS) is 18.3. The van der Waals surface area contributed by atoms with Gasteiger partial charge in [0.25, 0.3) is 0 Å². The predicted octanol–water partition coefficient (Wildman–Crippen LogP) is 3.48. The number of benzene rings is 1. The zero-order chi connectivity index (χ0) is 13.3. The molecule has 1 fully saturated rings. The third-order valence-electron chi connectivity index (χ3n) is 3.93. The van der Waals surface area contributed by atoms with Gasteiger partial charge >= 0.3 is 5.97 Å². The van der Waals surface area contributed by atoms with Crippen LogP contribution in [0.15, 0.2) is 18.2 Å². The van der Waals surface area contributed by atoms with Gasteiger partial charge in [-0.25, -0.2) is 0 Å². The molecule has 0 heterocycles. The van der Waals surface area contributed by atoms with Crippen LogP contribution in [-0.2, 0) is 4.79 Å². The van der Waals surface area contributed by atoms with E-state index in [9.17, 15) is 9.90 Å². The monoisotopic (exact) mass is 248 g/mol. The summed E-state index contributed by atoms with van der Waals surface area (Å²) in [5, 5.41) is 19.2. The van der Waals surface area contributed by atoms with Crippen LogP contribution in [0.5, 0.6) is 5.75 Å². The molecule has 1 saturated carbocycles. The Balaban J connectivity index is 2.25. The topological polar surface area (TPSA) is 57.5 Å². The maximum absolute atomic E-state index is 10.7. The molecule has 2 atom stereocenters. The number of carboxylic acids is 1. The van der Waals surface area contributed by atoms with Crippen molar-refractivity contribution in [3.05, 3.63) is 29.3 Å². The highest BCUT2D eigenvalue weighted by atomic mass is 16.4. The number of phenolic OH excluding ortho intramolecular Hbond substituents is 1. The number of aromatic hydroxyl groups is 1. The number of carbonyl (C=O) groups is 1. The lowest BCUT2D eigenvalue weighted by molar-refractivity contribution is -0.137. The van der Waals surface area contributed by atoms with Gasteiger partial charge in [0, 0.05) is 0 Å². The maximum atomic E-state index is 10.7. The summed E-state index contributed by atoms with van der Waals surface area (Å²) >= 11 is 0. The third-order valence-corrected chi connectivity index (χ3v) is 3.93. The number of hydrogen-bond acceptors (Lipinski definition) is 2. The first kappa shape index (κ1) is 12.9. The number of phenols is 1.